The fourth-order valence-corrected chi connectivity index (χ4v) is 2.32. The van der Waals surface area contributed by atoms with Crippen molar-refractivity contribution >= 4 is 10.0 Å². The third kappa shape index (κ3) is 2.81. The van der Waals surface area contributed by atoms with E-state index in [2.05, 4.69) is 15.1 Å². The summed E-state index contributed by atoms with van der Waals surface area (Å²) in [5.74, 6) is 0.582. The van der Waals surface area contributed by atoms with Crippen LogP contribution in [0.2, 0.25) is 0 Å². The van der Waals surface area contributed by atoms with Gasteiger partial charge in [-0.3, -0.25) is 4.98 Å². The van der Waals surface area contributed by atoms with Crippen LogP contribution in [0.15, 0.2) is 58.2 Å². The molecule has 0 saturated heterocycles. The van der Waals surface area contributed by atoms with Crippen molar-refractivity contribution in [3.05, 3.63) is 48.8 Å². The summed E-state index contributed by atoms with van der Waals surface area (Å²) < 4.78 is 27.8. The van der Waals surface area contributed by atoms with Crippen LogP contribution in [0.3, 0.4) is 0 Å². The average molecular weight is 302 g/mol. The maximum atomic E-state index is 11.3. The van der Waals surface area contributed by atoms with Crippen molar-refractivity contribution in [1.82, 2.24) is 15.1 Å². The van der Waals surface area contributed by atoms with Gasteiger partial charge in [0.15, 0.2) is 0 Å². The van der Waals surface area contributed by atoms with Crippen LogP contribution in [0.25, 0.3) is 22.8 Å². The molecule has 0 aliphatic rings. The molecule has 21 heavy (non-hydrogen) atoms. The van der Waals surface area contributed by atoms with Gasteiger partial charge in [-0.05, 0) is 30.3 Å². The fourth-order valence-electron chi connectivity index (χ4n) is 1.76. The normalized spacial score (nSPS) is 11.5. The topological polar surface area (TPSA) is 112 Å². The maximum absolute atomic E-state index is 11.3. The zero-order valence-corrected chi connectivity index (χ0v) is 11.5. The predicted molar refractivity (Wildman–Crippen MR) is 74.3 cm³/mol. The molecule has 0 saturated carbocycles. The molecule has 7 nitrogen and oxygen atoms in total. The quantitative estimate of drug-likeness (QED) is 0.783. The van der Waals surface area contributed by atoms with Crippen LogP contribution in [-0.4, -0.2) is 23.5 Å². The van der Waals surface area contributed by atoms with Crippen molar-refractivity contribution in [2.75, 3.05) is 0 Å². The van der Waals surface area contributed by atoms with Gasteiger partial charge in [-0.2, -0.15) is 4.98 Å². The fraction of sp³-hybridized carbons (Fsp3) is 0. The lowest BCUT2D eigenvalue weighted by Crippen LogP contribution is -2.11. The molecule has 0 radical (unpaired) electrons. The summed E-state index contributed by atoms with van der Waals surface area (Å²) in [5, 5.41) is 8.95. The van der Waals surface area contributed by atoms with Crippen LogP contribution in [0.1, 0.15) is 0 Å². The highest BCUT2D eigenvalue weighted by Gasteiger charge is 2.14. The molecular formula is C13H10N4O3S. The van der Waals surface area contributed by atoms with Gasteiger partial charge >= 0.3 is 0 Å². The second-order valence-electron chi connectivity index (χ2n) is 4.24. The number of pyridine rings is 1. The molecule has 0 bridgehead atoms. The van der Waals surface area contributed by atoms with E-state index < -0.39 is 10.0 Å². The molecule has 0 unspecified atom stereocenters. The van der Waals surface area contributed by atoms with Crippen LogP contribution >= 0.6 is 0 Å². The summed E-state index contributed by atoms with van der Waals surface area (Å²) in [5.41, 5.74) is 1.18. The Morgan fingerprint density at radius 3 is 2.62 bits per heavy atom. The average Bonchev–Trinajstić information content (AvgIpc) is 2.97. The number of hydrogen-bond acceptors (Lipinski definition) is 6. The summed E-state index contributed by atoms with van der Waals surface area (Å²) in [6.45, 7) is 0. The van der Waals surface area contributed by atoms with Crippen molar-refractivity contribution in [2.24, 2.45) is 5.14 Å². The van der Waals surface area contributed by atoms with Crippen molar-refractivity contribution in [2.45, 2.75) is 4.90 Å². The highest BCUT2D eigenvalue weighted by Crippen LogP contribution is 2.23. The van der Waals surface area contributed by atoms with E-state index in [9.17, 15) is 8.42 Å². The van der Waals surface area contributed by atoms with Gasteiger partial charge in [-0.15, -0.1) is 0 Å². The van der Waals surface area contributed by atoms with Crippen LogP contribution in [0.4, 0.5) is 0 Å². The Morgan fingerprint density at radius 1 is 1.10 bits per heavy atom. The molecule has 3 aromatic rings. The van der Waals surface area contributed by atoms with E-state index in [1.54, 1.807) is 36.7 Å². The lowest BCUT2D eigenvalue weighted by molar-refractivity contribution is 0.432. The standard InChI is InChI=1S/C13H10N4O3S/c14-21(18,19)11-5-1-3-9(7-11)13-16-12(17-20-13)10-4-2-6-15-8-10/h1-8H,(H2,14,18,19). The van der Waals surface area contributed by atoms with Gasteiger partial charge < -0.3 is 4.52 Å². The van der Waals surface area contributed by atoms with E-state index in [4.69, 9.17) is 9.66 Å². The minimum Gasteiger partial charge on any atom is -0.334 e. The lowest BCUT2D eigenvalue weighted by atomic mass is 10.2. The molecule has 0 spiro atoms. The summed E-state index contributed by atoms with van der Waals surface area (Å²) in [6.07, 6.45) is 3.25. The third-order valence-electron chi connectivity index (χ3n) is 2.76. The first kappa shape index (κ1) is 13.4. The third-order valence-corrected chi connectivity index (χ3v) is 3.67. The van der Waals surface area contributed by atoms with Crippen molar-refractivity contribution < 1.29 is 12.9 Å². The van der Waals surface area contributed by atoms with Crippen molar-refractivity contribution in [1.29, 1.82) is 0 Å². The molecule has 0 aliphatic carbocycles. The van der Waals surface area contributed by atoms with Crippen LogP contribution in [-0.2, 0) is 10.0 Å². The molecule has 2 heterocycles. The second-order valence-corrected chi connectivity index (χ2v) is 5.80. The molecule has 0 fully saturated rings. The largest absolute Gasteiger partial charge is 0.334 e. The molecule has 0 aliphatic heterocycles. The monoisotopic (exact) mass is 302 g/mol. The highest BCUT2D eigenvalue weighted by atomic mass is 32.2. The van der Waals surface area contributed by atoms with Crippen molar-refractivity contribution in [3.8, 4) is 22.8 Å². The molecular weight excluding hydrogens is 292 g/mol. The molecule has 0 amide bonds. The van der Waals surface area contributed by atoms with Crippen LogP contribution in [0.5, 0.6) is 0 Å². The van der Waals surface area contributed by atoms with Gasteiger partial charge in [-0.25, -0.2) is 13.6 Å². The van der Waals surface area contributed by atoms with E-state index >= 15 is 0 Å². The Bertz CT molecular complexity index is 875. The van der Waals surface area contributed by atoms with Crippen molar-refractivity contribution in [3.63, 3.8) is 0 Å². The number of primary sulfonamides is 1. The zero-order valence-electron chi connectivity index (χ0n) is 10.7. The number of nitrogens with two attached hydrogens (primary N) is 1. The molecule has 1 aromatic carbocycles. The Kier molecular flexibility index (Phi) is 3.24. The first-order chi connectivity index (χ1) is 10.0. The number of hydrogen-bond donors (Lipinski definition) is 1. The van der Waals surface area contributed by atoms with Gasteiger partial charge in [0.25, 0.3) is 5.89 Å². The Labute approximate surface area is 120 Å². The van der Waals surface area contributed by atoms with Gasteiger partial charge in [0.1, 0.15) is 0 Å². The minimum absolute atomic E-state index is 0.0128. The van der Waals surface area contributed by atoms with E-state index in [1.807, 2.05) is 0 Å². The number of benzene rings is 1. The number of rotatable bonds is 3. The number of nitrogens with zero attached hydrogens (tertiary/aromatic N) is 3. The molecule has 2 N–H and O–H groups in total. The van der Waals surface area contributed by atoms with Gasteiger partial charge in [-0.1, -0.05) is 11.2 Å². The minimum atomic E-state index is -3.78. The maximum Gasteiger partial charge on any atom is 0.258 e. The summed E-state index contributed by atoms with van der Waals surface area (Å²) in [6, 6.07) is 9.56. The summed E-state index contributed by atoms with van der Waals surface area (Å²) >= 11 is 0. The number of sulfonamides is 1. The SMILES string of the molecule is NS(=O)(=O)c1cccc(-c2nc(-c3cccnc3)no2)c1. The van der Waals surface area contributed by atoms with Gasteiger partial charge in [0, 0.05) is 23.5 Å². The zero-order chi connectivity index (χ0) is 14.9. The Hall–Kier alpha value is -2.58. The smallest absolute Gasteiger partial charge is 0.258 e. The molecule has 3 rings (SSSR count). The van der Waals surface area contributed by atoms with E-state index in [0.717, 1.165) is 0 Å². The summed E-state index contributed by atoms with van der Waals surface area (Å²) in [7, 11) is -3.78. The summed E-state index contributed by atoms with van der Waals surface area (Å²) in [4.78, 5) is 8.18. The first-order valence-corrected chi connectivity index (χ1v) is 7.46. The number of aromatic nitrogens is 3. The van der Waals surface area contributed by atoms with Crippen LogP contribution < -0.4 is 5.14 Å². The lowest BCUT2D eigenvalue weighted by Gasteiger charge is -1.99. The predicted octanol–water partition coefficient (Wildman–Crippen LogP) is 1.45. The van der Waals surface area contributed by atoms with E-state index in [1.165, 1.54) is 12.1 Å². The second kappa shape index (κ2) is 5.08. The molecule has 8 heteroatoms. The van der Waals surface area contributed by atoms with E-state index in [-0.39, 0.29) is 10.8 Å². The van der Waals surface area contributed by atoms with Gasteiger partial charge in [0.2, 0.25) is 15.8 Å². The molecule has 2 aromatic heterocycles. The van der Waals surface area contributed by atoms with Crippen LogP contribution in [0, 0.1) is 0 Å². The Morgan fingerprint density at radius 2 is 1.90 bits per heavy atom. The first-order valence-electron chi connectivity index (χ1n) is 5.91. The molecule has 106 valence electrons. The van der Waals surface area contributed by atoms with Gasteiger partial charge in [0.05, 0.1) is 4.90 Å². The Balaban J connectivity index is 2.01. The highest BCUT2D eigenvalue weighted by molar-refractivity contribution is 7.89. The van der Waals surface area contributed by atoms with E-state index in [0.29, 0.717) is 17.0 Å². The molecule has 0 atom stereocenters.